The quantitative estimate of drug-likeness (QED) is 0.180. The molecule has 188 valence electrons. The Morgan fingerprint density at radius 1 is 1.00 bits per heavy atom. The Hall–Kier alpha value is -4.21. The SMILES string of the molecule is CS(=O)(=O)c1ccc(NC(=N)Nc2c(Cl)cccc2C(=O)O)c(-c2ncccc2Cc2ccccc2)c1. The van der Waals surface area contributed by atoms with Gasteiger partial charge in [0.1, 0.15) is 0 Å². The fourth-order valence-corrected chi connectivity index (χ4v) is 4.69. The lowest BCUT2D eigenvalue weighted by Gasteiger charge is -2.18. The third-order valence-electron chi connectivity index (χ3n) is 5.56. The van der Waals surface area contributed by atoms with E-state index >= 15 is 0 Å². The van der Waals surface area contributed by atoms with E-state index in [4.69, 9.17) is 17.0 Å². The summed E-state index contributed by atoms with van der Waals surface area (Å²) >= 11 is 6.19. The fourth-order valence-electron chi connectivity index (χ4n) is 3.82. The first-order chi connectivity index (χ1) is 17.6. The van der Waals surface area contributed by atoms with Crippen LogP contribution in [0.2, 0.25) is 5.02 Å². The van der Waals surface area contributed by atoms with E-state index < -0.39 is 15.8 Å². The molecule has 8 nitrogen and oxygen atoms in total. The van der Waals surface area contributed by atoms with Crippen molar-refractivity contribution in [2.24, 2.45) is 0 Å². The predicted octanol–water partition coefficient (Wildman–Crippen LogP) is 5.55. The molecular weight excluding hydrogens is 512 g/mol. The van der Waals surface area contributed by atoms with Crippen LogP contribution in [0.15, 0.2) is 90.0 Å². The van der Waals surface area contributed by atoms with E-state index in [2.05, 4.69) is 15.6 Å². The maximum atomic E-state index is 12.3. The molecule has 1 aromatic heterocycles. The van der Waals surface area contributed by atoms with Crippen molar-refractivity contribution in [3.8, 4) is 11.3 Å². The van der Waals surface area contributed by atoms with Crippen molar-refractivity contribution < 1.29 is 18.3 Å². The van der Waals surface area contributed by atoms with E-state index in [1.807, 2.05) is 42.5 Å². The van der Waals surface area contributed by atoms with Gasteiger partial charge in [-0.05, 0) is 53.9 Å². The number of pyridine rings is 1. The van der Waals surface area contributed by atoms with E-state index in [1.54, 1.807) is 12.3 Å². The zero-order valence-corrected chi connectivity index (χ0v) is 21.3. The van der Waals surface area contributed by atoms with Gasteiger partial charge in [0, 0.05) is 18.0 Å². The van der Waals surface area contributed by atoms with Crippen LogP contribution in [-0.2, 0) is 16.3 Å². The van der Waals surface area contributed by atoms with Gasteiger partial charge in [0.15, 0.2) is 15.8 Å². The zero-order chi connectivity index (χ0) is 26.6. The van der Waals surface area contributed by atoms with Crippen molar-refractivity contribution in [3.05, 3.63) is 107 Å². The van der Waals surface area contributed by atoms with Gasteiger partial charge >= 0.3 is 5.97 Å². The fraction of sp³-hybridized carbons (Fsp3) is 0.0741. The van der Waals surface area contributed by atoms with Crippen LogP contribution < -0.4 is 10.6 Å². The van der Waals surface area contributed by atoms with Crippen LogP contribution in [0.25, 0.3) is 11.3 Å². The number of anilines is 2. The van der Waals surface area contributed by atoms with Crippen molar-refractivity contribution in [1.82, 2.24) is 4.98 Å². The molecule has 1 heterocycles. The van der Waals surface area contributed by atoms with Crippen LogP contribution in [0.5, 0.6) is 0 Å². The summed E-state index contributed by atoms with van der Waals surface area (Å²) in [6.07, 6.45) is 3.30. The molecule has 4 aromatic rings. The van der Waals surface area contributed by atoms with E-state index in [0.29, 0.717) is 23.4 Å². The number of guanidine groups is 1. The summed E-state index contributed by atoms with van der Waals surface area (Å²) in [6, 6.07) is 22.4. The molecule has 37 heavy (non-hydrogen) atoms. The first-order valence-corrected chi connectivity index (χ1v) is 13.4. The molecule has 0 bridgehead atoms. The number of carboxylic acids is 1. The average molecular weight is 535 g/mol. The molecule has 0 aliphatic heterocycles. The lowest BCUT2D eigenvalue weighted by molar-refractivity contribution is 0.0698. The molecule has 0 fully saturated rings. The van der Waals surface area contributed by atoms with E-state index in [0.717, 1.165) is 17.4 Å². The standard InChI is InChI=1S/C27H23ClN4O4S/c1-37(35,36)19-12-13-23(31-27(29)32-25-20(26(33)34)10-5-11-22(25)28)21(16-19)24-18(9-6-14-30-24)15-17-7-3-2-4-8-17/h2-14,16H,15H2,1H3,(H,33,34)(H3,29,31,32). The third-order valence-corrected chi connectivity index (χ3v) is 6.98. The second-order valence-corrected chi connectivity index (χ2v) is 10.7. The second-order valence-electron chi connectivity index (χ2n) is 8.25. The van der Waals surface area contributed by atoms with Crippen molar-refractivity contribution in [2.45, 2.75) is 11.3 Å². The number of carbonyl (C=O) groups is 1. The van der Waals surface area contributed by atoms with Gasteiger partial charge in [0.25, 0.3) is 0 Å². The number of aromatic nitrogens is 1. The Morgan fingerprint density at radius 2 is 1.76 bits per heavy atom. The van der Waals surface area contributed by atoms with E-state index in [9.17, 15) is 18.3 Å². The Kier molecular flexibility index (Phi) is 7.56. The number of halogens is 1. The summed E-state index contributed by atoms with van der Waals surface area (Å²) in [7, 11) is -3.53. The number of nitrogens with one attached hydrogen (secondary N) is 3. The monoisotopic (exact) mass is 534 g/mol. The van der Waals surface area contributed by atoms with Crippen molar-refractivity contribution in [1.29, 1.82) is 5.41 Å². The van der Waals surface area contributed by atoms with Crippen LogP contribution in [0.1, 0.15) is 21.5 Å². The molecule has 0 unspecified atom stereocenters. The van der Waals surface area contributed by atoms with Gasteiger partial charge in [-0.1, -0.05) is 54.1 Å². The highest BCUT2D eigenvalue weighted by molar-refractivity contribution is 7.90. The van der Waals surface area contributed by atoms with Gasteiger partial charge in [0.2, 0.25) is 0 Å². The molecule has 0 amide bonds. The average Bonchev–Trinajstić information content (AvgIpc) is 2.86. The number of benzene rings is 3. The lowest BCUT2D eigenvalue weighted by atomic mass is 9.98. The minimum atomic E-state index is -3.53. The topological polar surface area (TPSA) is 132 Å². The van der Waals surface area contributed by atoms with Gasteiger partial charge in [-0.3, -0.25) is 10.4 Å². The number of nitrogens with zero attached hydrogens (tertiary/aromatic N) is 1. The molecule has 0 saturated heterocycles. The molecule has 0 radical (unpaired) electrons. The Labute approximate surface area is 219 Å². The van der Waals surface area contributed by atoms with Gasteiger partial charge < -0.3 is 15.7 Å². The summed E-state index contributed by atoms with van der Waals surface area (Å²) in [5.74, 6) is -1.46. The minimum absolute atomic E-state index is 0.0612. The third kappa shape index (κ3) is 6.14. The smallest absolute Gasteiger partial charge is 0.337 e. The first kappa shape index (κ1) is 25.9. The number of sulfone groups is 1. The molecule has 0 saturated carbocycles. The molecule has 4 rings (SSSR count). The Bertz CT molecular complexity index is 1590. The summed E-state index contributed by atoms with van der Waals surface area (Å²) in [5, 5.41) is 23.7. The first-order valence-electron chi connectivity index (χ1n) is 11.1. The molecule has 4 N–H and O–H groups in total. The summed E-state index contributed by atoms with van der Waals surface area (Å²) in [4.78, 5) is 16.3. The molecule has 10 heteroatoms. The number of para-hydroxylation sites is 1. The van der Waals surface area contributed by atoms with E-state index in [1.165, 1.54) is 30.3 Å². The normalized spacial score (nSPS) is 11.1. The van der Waals surface area contributed by atoms with Gasteiger partial charge in [-0.25, -0.2) is 13.2 Å². The lowest BCUT2D eigenvalue weighted by Crippen LogP contribution is -2.23. The van der Waals surface area contributed by atoms with Crippen molar-refractivity contribution in [2.75, 3.05) is 16.9 Å². The van der Waals surface area contributed by atoms with Crippen LogP contribution in [0.4, 0.5) is 11.4 Å². The zero-order valence-electron chi connectivity index (χ0n) is 19.7. The number of aromatic carboxylic acids is 1. The van der Waals surface area contributed by atoms with Crippen LogP contribution in [0, 0.1) is 5.41 Å². The molecule has 0 aliphatic rings. The molecule has 0 spiro atoms. The number of carboxylic acid groups (broad SMARTS) is 1. The van der Waals surface area contributed by atoms with Crippen molar-refractivity contribution in [3.63, 3.8) is 0 Å². The van der Waals surface area contributed by atoms with Crippen LogP contribution in [-0.4, -0.2) is 36.7 Å². The Morgan fingerprint density at radius 3 is 2.46 bits per heavy atom. The highest BCUT2D eigenvalue weighted by Gasteiger charge is 2.19. The number of hydrogen-bond acceptors (Lipinski definition) is 5. The Balaban J connectivity index is 1.75. The maximum Gasteiger partial charge on any atom is 0.337 e. The van der Waals surface area contributed by atoms with Gasteiger partial charge in [-0.15, -0.1) is 0 Å². The number of rotatable bonds is 7. The largest absolute Gasteiger partial charge is 0.478 e. The van der Waals surface area contributed by atoms with Crippen molar-refractivity contribution >= 4 is 44.7 Å². The molecule has 3 aromatic carbocycles. The summed E-state index contributed by atoms with van der Waals surface area (Å²) < 4.78 is 24.7. The van der Waals surface area contributed by atoms with Gasteiger partial charge in [-0.2, -0.15) is 0 Å². The summed E-state index contributed by atoms with van der Waals surface area (Å²) in [6.45, 7) is 0. The molecule has 0 atom stereocenters. The highest BCUT2D eigenvalue weighted by Crippen LogP contribution is 2.33. The van der Waals surface area contributed by atoms with Crippen LogP contribution in [0.3, 0.4) is 0 Å². The molecular formula is C27H23ClN4O4S. The number of hydrogen-bond donors (Lipinski definition) is 4. The van der Waals surface area contributed by atoms with E-state index in [-0.39, 0.29) is 27.1 Å². The minimum Gasteiger partial charge on any atom is -0.478 e. The van der Waals surface area contributed by atoms with Crippen LogP contribution >= 0.6 is 11.6 Å². The van der Waals surface area contributed by atoms with Gasteiger partial charge in [0.05, 0.1) is 32.6 Å². The summed E-state index contributed by atoms with van der Waals surface area (Å²) in [5.41, 5.74) is 3.31. The molecule has 0 aliphatic carbocycles. The second kappa shape index (κ2) is 10.8. The predicted molar refractivity (Wildman–Crippen MR) is 145 cm³/mol. The highest BCUT2D eigenvalue weighted by atomic mass is 35.5. The maximum absolute atomic E-state index is 12.3.